The number of hydrogen-bond donors (Lipinski definition) is 2. The van der Waals surface area contributed by atoms with Crippen LogP contribution in [-0.2, 0) is 9.59 Å². The number of aryl methyl sites for hydroxylation is 1. The van der Waals surface area contributed by atoms with Crippen molar-refractivity contribution in [1.29, 1.82) is 0 Å². The molecule has 0 saturated heterocycles. The fraction of sp³-hybridized carbons (Fsp3) is 0.263. The Morgan fingerprint density at radius 2 is 1.77 bits per heavy atom. The number of carbonyl (C=O) groups is 2. The third kappa shape index (κ3) is 4.50. The van der Waals surface area contributed by atoms with Crippen molar-refractivity contribution in [3.63, 3.8) is 0 Å². The molecule has 0 radical (unpaired) electrons. The van der Waals surface area contributed by atoms with E-state index in [1.165, 1.54) is 25.3 Å². The van der Waals surface area contributed by atoms with Gasteiger partial charge in [-0.25, -0.2) is 4.39 Å². The minimum Gasteiger partial charge on any atom is -0.497 e. The van der Waals surface area contributed by atoms with Crippen LogP contribution in [0, 0.1) is 12.7 Å². The Kier molecular flexibility index (Phi) is 6.16. The molecule has 0 aliphatic rings. The van der Waals surface area contributed by atoms with E-state index in [0.29, 0.717) is 28.3 Å². The number of carbonyl (C=O) groups excluding carboxylic acids is 2. The highest BCUT2D eigenvalue weighted by Crippen LogP contribution is 2.29. The second-order valence-electron chi connectivity index (χ2n) is 5.72. The van der Waals surface area contributed by atoms with Crippen LogP contribution in [0.2, 0.25) is 0 Å². The first kappa shape index (κ1) is 19.2. The molecule has 0 spiro atoms. The highest BCUT2D eigenvalue weighted by atomic mass is 19.1. The van der Waals surface area contributed by atoms with E-state index in [4.69, 9.17) is 9.47 Å². The topological polar surface area (TPSA) is 76.7 Å². The zero-order chi connectivity index (χ0) is 19.3. The molecule has 0 heterocycles. The number of benzene rings is 2. The van der Waals surface area contributed by atoms with Gasteiger partial charge in [0, 0.05) is 17.3 Å². The van der Waals surface area contributed by atoms with Gasteiger partial charge in [-0.1, -0.05) is 0 Å². The van der Waals surface area contributed by atoms with Gasteiger partial charge in [-0.15, -0.1) is 0 Å². The number of methoxy groups -OCH3 is 2. The molecular formula is C19H21FN2O4. The van der Waals surface area contributed by atoms with Gasteiger partial charge in [-0.05, 0) is 49.7 Å². The smallest absolute Gasteiger partial charge is 0.313 e. The zero-order valence-electron chi connectivity index (χ0n) is 15.1. The molecule has 138 valence electrons. The Morgan fingerprint density at radius 1 is 1.04 bits per heavy atom. The van der Waals surface area contributed by atoms with Crippen molar-refractivity contribution < 1.29 is 23.5 Å². The van der Waals surface area contributed by atoms with Crippen molar-refractivity contribution in [1.82, 2.24) is 5.32 Å². The first-order chi connectivity index (χ1) is 12.3. The maximum Gasteiger partial charge on any atom is 0.313 e. The largest absolute Gasteiger partial charge is 0.497 e. The molecule has 0 fully saturated rings. The normalized spacial score (nSPS) is 11.4. The lowest BCUT2D eigenvalue weighted by atomic mass is 10.1. The molecule has 2 N–H and O–H groups in total. The van der Waals surface area contributed by atoms with Gasteiger partial charge in [0.15, 0.2) is 0 Å². The van der Waals surface area contributed by atoms with Gasteiger partial charge in [-0.2, -0.15) is 0 Å². The molecule has 0 aliphatic heterocycles. The van der Waals surface area contributed by atoms with Crippen molar-refractivity contribution in [2.75, 3.05) is 19.5 Å². The summed E-state index contributed by atoms with van der Waals surface area (Å²) in [5.74, 6) is -0.899. The van der Waals surface area contributed by atoms with E-state index in [9.17, 15) is 14.0 Å². The fourth-order valence-corrected chi connectivity index (χ4v) is 2.46. The lowest BCUT2D eigenvalue weighted by Crippen LogP contribution is -2.37. The maximum atomic E-state index is 13.1. The number of hydrogen-bond acceptors (Lipinski definition) is 4. The van der Waals surface area contributed by atoms with E-state index in [1.54, 1.807) is 39.2 Å². The molecular weight excluding hydrogens is 339 g/mol. The van der Waals surface area contributed by atoms with E-state index in [2.05, 4.69) is 10.6 Å². The molecule has 7 heteroatoms. The highest BCUT2D eigenvalue weighted by Gasteiger charge is 2.20. The first-order valence-electron chi connectivity index (χ1n) is 7.95. The Balaban J connectivity index is 2.07. The lowest BCUT2D eigenvalue weighted by Gasteiger charge is -2.18. The number of ether oxygens (including phenoxy) is 2. The number of nitrogens with one attached hydrogen (secondary N) is 2. The van der Waals surface area contributed by atoms with Crippen molar-refractivity contribution in [3.05, 3.63) is 53.3 Å². The fourth-order valence-electron chi connectivity index (χ4n) is 2.46. The Morgan fingerprint density at radius 3 is 2.38 bits per heavy atom. The van der Waals surface area contributed by atoms with Crippen molar-refractivity contribution >= 4 is 17.5 Å². The molecule has 0 bridgehead atoms. The van der Waals surface area contributed by atoms with Crippen LogP contribution in [0.15, 0.2) is 36.4 Å². The number of halogens is 1. The van der Waals surface area contributed by atoms with Gasteiger partial charge < -0.3 is 20.1 Å². The third-order valence-corrected chi connectivity index (χ3v) is 3.90. The Hall–Kier alpha value is -3.09. The quantitative estimate of drug-likeness (QED) is 0.804. The summed E-state index contributed by atoms with van der Waals surface area (Å²) in [6.07, 6.45) is 0. The van der Waals surface area contributed by atoms with Crippen LogP contribution in [0.4, 0.5) is 10.1 Å². The van der Waals surface area contributed by atoms with Gasteiger partial charge in [-0.3, -0.25) is 9.59 Å². The zero-order valence-corrected chi connectivity index (χ0v) is 15.1. The second kappa shape index (κ2) is 8.33. The number of amides is 2. The van der Waals surface area contributed by atoms with E-state index in [-0.39, 0.29) is 0 Å². The summed E-state index contributed by atoms with van der Waals surface area (Å²) in [6, 6.07) is 8.62. The molecule has 26 heavy (non-hydrogen) atoms. The van der Waals surface area contributed by atoms with Crippen molar-refractivity contribution in [2.24, 2.45) is 0 Å². The maximum absolute atomic E-state index is 13.1. The molecule has 2 aromatic carbocycles. The van der Waals surface area contributed by atoms with Gasteiger partial charge in [0.25, 0.3) is 0 Å². The molecule has 0 aliphatic carbocycles. The molecule has 1 unspecified atom stereocenters. The molecule has 0 aromatic heterocycles. The monoisotopic (exact) mass is 360 g/mol. The standard InChI is InChI=1S/C19H21FN2O4/c1-11-9-13(20)5-8-16(11)22-19(24)18(23)21-12(2)15-7-6-14(25-3)10-17(15)26-4/h5-10,12H,1-4H3,(H,21,23)(H,22,24). The third-order valence-electron chi connectivity index (χ3n) is 3.90. The SMILES string of the molecule is COc1ccc(C(C)NC(=O)C(=O)Nc2ccc(F)cc2C)c(OC)c1. The number of rotatable bonds is 5. The predicted octanol–water partition coefficient (Wildman–Crippen LogP) is 2.97. The van der Waals surface area contributed by atoms with E-state index in [1.807, 2.05) is 0 Å². The first-order valence-corrected chi connectivity index (χ1v) is 7.95. The molecule has 2 aromatic rings. The van der Waals surface area contributed by atoms with Crippen LogP contribution in [0.25, 0.3) is 0 Å². The van der Waals surface area contributed by atoms with Gasteiger partial charge >= 0.3 is 11.8 Å². The van der Waals surface area contributed by atoms with Gasteiger partial charge in [0.05, 0.1) is 20.3 Å². The summed E-state index contributed by atoms with van der Waals surface area (Å²) in [4.78, 5) is 24.3. The van der Waals surface area contributed by atoms with Crippen LogP contribution in [0.3, 0.4) is 0 Å². The van der Waals surface area contributed by atoms with Crippen molar-refractivity contribution in [3.8, 4) is 11.5 Å². The summed E-state index contributed by atoms with van der Waals surface area (Å²) in [6.45, 7) is 3.38. The molecule has 6 nitrogen and oxygen atoms in total. The van der Waals surface area contributed by atoms with Crippen LogP contribution in [-0.4, -0.2) is 26.0 Å². The summed E-state index contributed by atoms with van der Waals surface area (Å²) >= 11 is 0. The minimum absolute atomic E-state index is 0.376. The van der Waals surface area contributed by atoms with Crippen molar-refractivity contribution in [2.45, 2.75) is 19.9 Å². The predicted molar refractivity (Wildman–Crippen MR) is 95.9 cm³/mol. The van der Waals surface area contributed by atoms with Crippen LogP contribution < -0.4 is 20.1 Å². The van der Waals surface area contributed by atoms with Gasteiger partial charge in [0.1, 0.15) is 17.3 Å². The Labute approximate surface area is 151 Å². The summed E-state index contributed by atoms with van der Waals surface area (Å²) in [7, 11) is 3.05. The van der Waals surface area contributed by atoms with Crippen LogP contribution >= 0.6 is 0 Å². The average Bonchev–Trinajstić information content (AvgIpc) is 2.63. The molecule has 0 saturated carbocycles. The van der Waals surface area contributed by atoms with E-state index >= 15 is 0 Å². The summed E-state index contributed by atoms with van der Waals surface area (Å²) < 4.78 is 23.6. The number of anilines is 1. The minimum atomic E-state index is -0.834. The Bertz CT molecular complexity index is 823. The average molecular weight is 360 g/mol. The summed E-state index contributed by atoms with van der Waals surface area (Å²) in [5.41, 5.74) is 1.60. The van der Waals surface area contributed by atoms with E-state index in [0.717, 1.165) is 0 Å². The van der Waals surface area contributed by atoms with Gasteiger partial charge in [0.2, 0.25) is 0 Å². The molecule has 2 amide bonds. The lowest BCUT2D eigenvalue weighted by molar-refractivity contribution is -0.136. The van der Waals surface area contributed by atoms with Crippen LogP contribution in [0.1, 0.15) is 24.1 Å². The van der Waals surface area contributed by atoms with E-state index < -0.39 is 23.7 Å². The van der Waals surface area contributed by atoms with Crippen LogP contribution in [0.5, 0.6) is 11.5 Å². The highest BCUT2D eigenvalue weighted by molar-refractivity contribution is 6.39. The second-order valence-corrected chi connectivity index (χ2v) is 5.72. The molecule has 2 rings (SSSR count). The molecule has 1 atom stereocenters. The summed E-state index contributed by atoms with van der Waals surface area (Å²) in [5, 5.41) is 5.09.